The monoisotopic (exact) mass is 194 g/mol. The molecular formula is C9H7ClN2O. The maximum atomic E-state index is 6.03. The van der Waals surface area contributed by atoms with E-state index < -0.39 is 0 Å². The third-order valence-electron chi connectivity index (χ3n) is 1.80. The lowest BCUT2D eigenvalue weighted by molar-refractivity contribution is 0.415. The van der Waals surface area contributed by atoms with Crippen LogP contribution in [0.5, 0.6) is 5.75 Å². The van der Waals surface area contributed by atoms with Crippen LogP contribution in [0.1, 0.15) is 0 Å². The Hall–Kier alpha value is -1.35. The van der Waals surface area contributed by atoms with E-state index in [1.165, 1.54) is 6.33 Å². The molecule has 2 rings (SSSR count). The maximum Gasteiger partial charge on any atom is 0.139 e. The van der Waals surface area contributed by atoms with E-state index in [1.807, 2.05) is 6.07 Å². The number of ether oxygens (including phenoxy) is 1. The number of methoxy groups -OCH3 is 1. The van der Waals surface area contributed by atoms with Gasteiger partial charge in [0.25, 0.3) is 0 Å². The molecule has 0 saturated carbocycles. The standard InChI is InChI=1S/C9H7ClN2O/c1-13-7-3-2-6-4-11-5-12-9(6)8(7)10/h2-5H,1H3. The lowest BCUT2D eigenvalue weighted by Crippen LogP contribution is -1.87. The Bertz CT molecular complexity index is 445. The zero-order chi connectivity index (χ0) is 9.26. The van der Waals surface area contributed by atoms with Gasteiger partial charge in [-0.15, -0.1) is 0 Å². The van der Waals surface area contributed by atoms with Gasteiger partial charge in [0.15, 0.2) is 0 Å². The highest BCUT2D eigenvalue weighted by Crippen LogP contribution is 2.30. The first-order valence-electron chi connectivity index (χ1n) is 3.75. The van der Waals surface area contributed by atoms with Gasteiger partial charge in [-0.3, -0.25) is 0 Å². The van der Waals surface area contributed by atoms with Crippen LogP contribution in [0.2, 0.25) is 5.02 Å². The molecule has 3 nitrogen and oxygen atoms in total. The minimum absolute atomic E-state index is 0.530. The zero-order valence-electron chi connectivity index (χ0n) is 6.99. The summed E-state index contributed by atoms with van der Waals surface area (Å²) in [6, 6.07) is 3.67. The number of benzene rings is 1. The SMILES string of the molecule is COc1ccc2cncnc2c1Cl. The van der Waals surface area contributed by atoms with E-state index in [9.17, 15) is 0 Å². The van der Waals surface area contributed by atoms with Crippen LogP contribution in [-0.2, 0) is 0 Å². The topological polar surface area (TPSA) is 35.0 Å². The third-order valence-corrected chi connectivity index (χ3v) is 2.16. The highest BCUT2D eigenvalue weighted by atomic mass is 35.5. The molecule has 1 aromatic heterocycles. The average Bonchev–Trinajstić information content (AvgIpc) is 2.19. The molecule has 0 bridgehead atoms. The van der Waals surface area contributed by atoms with Crippen LogP contribution in [-0.4, -0.2) is 17.1 Å². The lowest BCUT2D eigenvalue weighted by atomic mass is 10.2. The van der Waals surface area contributed by atoms with E-state index in [0.29, 0.717) is 10.8 Å². The molecule has 0 saturated heterocycles. The van der Waals surface area contributed by atoms with Crippen LogP contribution in [0.15, 0.2) is 24.7 Å². The summed E-state index contributed by atoms with van der Waals surface area (Å²) in [5.41, 5.74) is 0.719. The Morgan fingerprint density at radius 1 is 1.38 bits per heavy atom. The third kappa shape index (κ3) is 1.31. The second kappa shape index (κ2) is 3.18. The first-order chi connectivity index (χ1) is 6.33. The highest BCUT2D eigenvalue weighted by molar-refractivity contribution is 6.36. The van der Waals surface area contributed by atoms with E-state index in [2.05, 4.69) is 9.97 Å². The largest absolute Gasteiger partial charge is 0.495 e. The molecule has 0 spiro atoms. The number of hydrogen-bond donors (Lipinski definition) is 0. The van der Waals surface area contributed by atoms with Crippen LogP contribution in [0.25, 0.3) is 10.9 Å². The molecule has 0 atom stereocenters. The summed E-state index contributed by atoms with van der Waals surface area (Å²) in [6.45, 7) is 0. The molecule has 0 unspecified atom stereocenters. The molecule has 0 aliphatic rings. The quantitative estimate of drug-likeness (QED) is 0.699. The molecular weight excluding hydrogens is 188 g/mol. The van der Waals surface area contributed by atoms with Crippen LogP contribution >= 0.6 is 11.6 Å². The van der Waals surface area contributed by atoms with E-state index >= 15 is 0 Å². The van der Waals surface area contributed by atoms with Crippen molar-refractivity contribution < 1.29 is 4.74 Å². The molecule has 66 valence electrons. The molecule has 0 N–H and O–H groups in total. The number of rotatable bonds is 1. The van der Waals surface area contributed by atoms with Crippen LogP contribution in [0.3, 0.4) is 0 Å². The predicted molar refractivity (Wildman–Crippen MR) is 51.1 cm³/mol. The van der Waals surface area contributed by atoms with Crippen molar-refractivity contribution in [3.63, 3.8) is 0 Å². The van der Waals surface area contributed by atoms with E-state index in [0.717, 1.165) is 10.9 Å². The van der Waals surface area contributed by atoms with Gasteiger partial charge in [0.1, 0.15) is 17.1 Å². The van der Waals surface area contributed by atoms with Crippen molar-refractivity contribution in [2.75, 3.05) is 7.11 Å². The number of aromatic nitrogens is 2. The summed E-state index contributed by atoms with van der Waals surface area (Å²) in [5, 5.41) is 1.44. The molecule has 0 radical (unpaired) electrons. The highest BCUT2D eigenvalue weighted by Gasteiger charge is 2.05. The Labute approximate surface area is 80.3 Å². The smallest absolute Gasteiger partial charge is 0.139 e. The van der Waals surface area contributed by atoms with Gasteiger partial charge in [0, 0.05) is 11.6 Å². The van der Waals surface area contributed by atoms with Gasteiger partial charge in [-0.25, -0.2) is 9.97 Å². The van der Waals surface area contributed by atoms with Crippen LogP contribution in [0, 0.1) is 0 Å². The van der Waals surface area contributed by atoms with Crippen LogP contribution < -0.4 is 4.74 Å². The summed E-state index contributed by atoms with van der Waals surface area (Å²) < 4.78 is 5.06. The second-order valence-corrected chi connectivity index (χ2v) is 2.92. The van der Waals surface area contributed by atoms with E-state index in [-0.39, 0.29) is 0 Å². The van der Waals surface area contributed by atoms with E-state index in [4.69, 9.17) is 16.3 Å². The molecule has 2 aromatic rings. The number of nitrogens with zero attached hydrogens (tertiary/aromatic N) is 2. The zero-order valence-corrected chi connectivity index (χ0v) is 7.75. The minimum atomic E-state index is 0.530. The molecule has 0 amide bonds. The summed E-state index contributed by atoms with van der Waals surface area (Å²) in [4.78, 5) is 7.97. The van der Waals surface area contributed by atoms with E-state index in [1.54, 1.807) is 19.4 Å². The van der Waals surface area contributed by atoms with Gasteiger partial charge in [-0.1, -0.05) is 11.6 Å². The first-order valence-corrected chi connectivity index (χ1v) is 4.13. The Balaban J connectivity index is 2.79. The minimum Gasteiger partial charge on any atom is -0.495 e. The summed E-state index contributed by atoms with van der Waals surface area (Å²) in [7, 11) is 1.58. The molecule has 1 aromatic carbocycles. The van der Waals surface area contributed by atoms with Crippen LogP contribution in [0.4, 0.5) is 0 Å². The van der Waals surface area contributed by atoms with Gasteiger partial charge >= 0.3 is 0 Å². The van der Waals surface area contributed by atoms with Crippen molar-refractivity contribution in [1.82, 2.24) is 9.97 Å². The van der Waals surface area contributed by atoms with Gasteiger partial charge < -0.3 is 4.74 Å². The normalized spacial score (nSPS) is 10.3. The maximum absolute atomic E-state index is 6.03. The summed E-state index contributed by atoms with van der Waals surface area (Å²) in [6.07, 6.45) is 3.18. The van der Waals surface area contributed by atoms with Gasteiger partial charge in [0.05, 0.1) is 12.6 Å². The van der Waals surface area contributed by atoms with Crippen molar-refractivity contribution in [2.45, 2.75) is 0 Å². The lowest BCUT2D eigenvalue weighted by Gasteiger charge is -2.04. The Morgan fingerprint density at radius 3 is 3.00 bits per heavy atom. The Morgan fingerprint density at radius 2 is 2.23 bits per heavy atom. The molecule has 0 fully saturated rings. The summed E-state index contributed by atoms with van der Waals surface area (Å²) in [5.74, 6) is 0.632. The van der Waals surface area contributed by atoms with Crippen molar-refractivity contribution in [3.8, 4) is 5.75 Å². The van der Waals surface area contributed by atoms with Crippen molar-refractivity contribution in [1.29, 1.82) is 0 Å². The Kier molecular flexibility index (Phi) is 2.02. The van der Waals surface area contributed by atoms with Crippen molar-refractivity contribution >= 4 is 22.5 Å². The molecule has 0 aliphatic carbocycles. The second-order valence-electron chi connectivity index (χ2n) is 2.54. The van der Waals surface area contributed by atoms with Gasteiger partial charge in [0.2, 0.25) is 0 Å². The number of halogens is 1. The first kappa shape index (κ1) is 8.26. The molecule has 0 aliphatic heterocycles. The molecule has 1 heterocycles. The van der Waals surface area contributed by atoms with Gasteiger partial charge in [-0.2, -0.15) is 0 Å². The predicted octanol–water partition coefficient (Wildman–Crippen LogP) is 2.29. The number of fused-ring (bicyclic) bond motifs is 1. The summed E-state index contributed by atoms with van der Waals surface area (Å²) >= 11 is 6.03. The van der Waals surface area contributed by atoms with Crippen molar-refractivity contribution in [3.05, 3.63) is 29.7 Å². The number of hydrogen-bond acceptors (Lipinski definition) is 3. The molecule has 4 heteroatoms. The fourth-order valence-corrected chi connectivity index (χ4v) is 1.46. The average molecular weight is 195 g/mol. The fraction of sp³-hybridized carbons (Fsp3) is 0.111. The molecule has 13 heavy (non-hydrogen) atoms. The van der Waals surface area contributed by atoms with Gasteiger partial charge in [-0.05, 0) is 12.1 Å². The fourth-order valence-electron chi connectivity index (χ4n) is 1.16. The van der Waals surface area contributed by atoms with Crippen molar-refractivity contribution in [2.24, 2.45) is 0 Å².